The molecule has 0 aliphatic carbocycles. The Kier molecular flexibility index (Phi) is 30.0. The van der Waals surface area contributed by atoms with Gasteiger partial charge in [-0.1, -0.05) is 162 Å². The Labute approximate surface area is 248 Å². The largest absolute Gasteiger partial charge is 0.462 e. The lowest BCUT2D eigenvalue weighted by Crippen LogP contribution is -2.28. The van der Waals surface area contributed by atoms with Crippen molar-refractivity contribution in [1.29, 1.82) is 0 Å². The summed E-state index contributed by atoms with van der Waals surface area (Å²) in [7, 11) is 0. The van der Waals surface area contributed by atoms with E-state index in [0.29, 0.717) is 12.8 Å². The van der Waals surface area contributed by atoms with E-state index in [9.17, 15) is 14.7 Å². The third-order valence-electron chi connectivity index (χ3n) is 8.19. The van der Waals surface area contributed by atoms with Gasteiger partial charge in [0.25, 0.3) is 0 Å². The van der Waals surface area contributed by atoms with Crippen molar-refractivity contribution in [2.45, 2.75) is 194 Å². The molecule has 0 fully saturated rings. The molecule has 0 aromatic rings. The highest BCUT2D eigenvalue weighted by molar-refractivity contribution is 5.70. The second-order valence-electron chi connectivity index (χ2n) is 12.2. The molecule has 0 bridgehead atoms. The monoisotopic (exact) mass is 569 g/mol. The lowest BCUT2D eigenvalue weighted by Gasteiger charge is -2.15. The van der Waals surface area contributed by atoms with Gasteiger partial charge in [-0.15, -0.1) is 0 Å². The van der Waals surface area contributed by atoms with Gasteiger partial charge in [-0.3, -0.25) is 9.59 Å². The van der Waals surface area contributed by atoms with Gasteiger partial charge in [-0.25, -0.2) is 0 Å². The van der Waals surface area contributed by atoms with Gasteiger partial charge in [0.2, 0.25) is 0 Å². The summed E-state index contributed by atoms with van der Waals surface area (Å²) in [4.78, 5) is 24.1. The molecule has 0 spiro atoms. The lowest BCUT2D eigenvalue weighted by molar-refractivity contribution is -0.161. The van der Waals surface area contributed by atoms with E-state index in [1.165, 1.54) is 122 Å². The van der Waals surface area contributed by atoms with Gasteiger partial charge in [-0.05, 0) is 18.8 Å². The minimum Gasteiger partial charge on any atom is -0.462 e. The molecule has 0 rings (SSSR count). The molecule has 0 saturated heterocycles. The van der Waals surface area contributed by atoms with Crippen LogP contribution in [0.1, 0.15) is 188 Å². The molecule has 5 nitrogen and oxygen atoms in total. The van der Waals surface area contributed by atoms with Crippen LogP contribution in [0, 0.1) is 5.92 Å². The molecule has 0 radical (unpaired) electrons. The van der Waals surface area contributed by atoms with Gasteiger partial charge in [-0.2, -0.15) is 0 Å². The summed E-state index contributed by atoms with van der Waals surface area (Å²) in [6.07, 6.45) is 30.2. The maximum Gasteiger partial charge on any atom is 0.306 e. The Morgan fingerprint density at radius 3 is 1.40 bits per heavy atom. The Balaban J connectivity index is 3.53. The molecule has 238 valence electrons. The molecule has 0 saturated carbocycles. The highest BCUT2D eigenvalue weighted by Crippen LogP contribution is 2.16. The van der Waals surface area contributed by atoms with Gasteiger partial charge in [0.05, 0.1) is 6.61 Å². The minimum absolute atomic E-state index is 0.0594. The fourth-order valence-corrected chi connectivity index (χ4v) is 5.12. The quantitative estimate of drug-likeness (QED) is 0.0665. The topological polar surface area (TPSA) is 72.8 Å². The van der Waals surface area contributed by atoms with E-state index in [0.717, 1.165) is 38.0 Å². The first-order valence-corrected chi connectivity index (χ1v) is 17.5. The number of hydrogen-bond donors (Lipinski definition) is 1. The standard InChI is InChI=1S/C35H68O5/c1-4-6-7-8-9-10-11-12-13-14-15-16-17-18-22-25-28-34(37)39-31-33(30-36)40-35(38)29-26-23-20-19-21-24-27-32(3)5-2/h32-33,36H,4-31H2,1-3H3/t32?,33-/m0/s1. The molecular weight excluding hydrogens is 500 g/mol. The third kappa shape index (κ3) is 28.4. The van der Waals surface area contributed by atoms with E-state index in [2.05, 4.69) is 20.8 Å². The molecule has 0 aliphatic heterocycles. The third-order valence-corrected chi connectivity index (χ3v) is 8.19. The smallest absolute Gasteiger partial charge is 0.306 e. The summed E-state index contributed by atoms with van der Waals surface area (Å²) in [6.45, 7) is 6.45. The van der Waals surface area contributed by atoms with Crippen LogP contribution in [0.2, 0.25) is 0 Å². The molecular formula is C35H68O5. The van der Waals surface area contributed by atoms with Crippen LogP contribution >= 0.6 is 0 Å². The number of unbranched alkanes of at least 4 members (excludes halogenated alkanes) is 20. The maximum absolute atomic E-state index is 12.1. The minimum atomic E-state index is -0.761. The van der Waals surface area contributed by atoms with Crippen LogP contribution in [-0.4, -0.2) is 36.4 Å². The summed E-state index contributed by atoms with van der Waals surface area (Å²) in [5.41, 5.74) is 0. The zero-order valence-electron chi connectivity index (χ0n) is 27.0. The second-order valence-corrected chi connectivity index (χ2v) is 12.2. The van der Waals surface area contributed by atoms with Crippen LogP contribution in [0.25, 0.3) is 0 Å². The number of aliphatic hydroxyl groups excluding tert-OH is 1. The average Bonchev–Trinajstić information content (AvgIpc) is 2.96. The van der Waals surface area contributed by atoms with Gasteiger partial charge in [0.15, 0.2) is 6.10 Å². The lowest BCUT2D eigenvalue weighted by atomic mass is 10.00. The summed E-state index contributed by atoms with van der Waals surface area (Å²) in [5.74, 6) is 0.241. The Bertz CT molecular complexity index is 550. The van der Waals surface area contributed by atoms with Crippen LogP contribution in [0.4, 0.5) is 0 Å². The molecule has 0 aromatic carbocycles. The molecule has 1 N–H and O–H groups in total. The van der Waals surface area contributed by atoms with Crippen LogP contribution < -0.4 is 0 Å². The SMILES string of the molecule is CCCCCCCCCCCCCCCCCCC(=O)OC[C@H](CO)OC(=O)CCCCCCCCC(C)CC. The fourth-order valence-electron chi connectivity index (χ4n) is 5.12. The van der Waals surface area contributed by atoms with Crippen molar-refractivity contribution in [2.24, 2.45) is 5.92 Å². The second kappa shape index (κ2) is 30.8. The Morgan fingerprint density at radius 1 is 0.575 bits per heavy atom. The molecule has 40 heavy (non-hydrogen) atoms. The number of carbonyl (C=O) groups is 2. The van der Waals surface area contributed by atoms with Gasteiger partial charge in [0.1, 0.15) is 6.61 Å². The number of carbonyl (C=O) groups excluding carboxylic acids is 2. The zero-order chi connectivity index (χ0) is 29.5. The Hall–Kier alpha value is -1.10. The van der Waals surface area contributed by atoms with E-state index in [4.69, 9.17) is 9.47 Å². The van der Waals surface area contributed by atoms with Gasteiger partial charge >= 0.3 is 11.9 Å². The van der Waals surface area contributed by atoms with Crippen molar-refractivity contribution in [1.82, 2.24) is 0 Å². The number of ether oxygens (including phenoxy) is 2. The van der Waals surface area contributed by atoms with Crippen molar-refractivity contribution in [2.75, 3.05) is 13.2 Å². The van der Waals surface area contributed by atoms with Crippen molar-refractivity contribution in [3.8, 4) is 0 Å². The summed E-state index contributed by atoms with van der Waals surface area (Å²) in [6, 6.07) is 0. The highest BCUT2D eigenvalue weighted by Gasteiger charge is 2.16. The van der Waals surface area contributed by atoms with Crippen LogP contribution in [0.5, 0.6) is 0 Å². The number of aliphatic hydroxyl groups is 1. The first-order chi connectivity index (χ1) is 19.5. The molecule has 0 amide bonds. The number of esters is 2. The summed E-state index contributed by atoms with van der Waals surface area (Å²) < 4.78 is 10.6. The van der Waals surface area contributed by atoms with E-state index >= 15 is 0 Å². The van der Waals surface area contributed by atoms with Crippen molar-refractivity contribution < 1.29 is 24.2 Å². The molecule has 0 aromatic heterocycles. The fraction of sp³-hybridized carbons (Fsp3) is 0.943. The number of rotatable bonds is 31. The molecule has 0 aliphatic rings. The van der Waals surface area contributed by atoms with Crippen LogP contribution in [0.3, 0.4) is 0 Å². The first-order valence-electron chi connectivity index (χ1n) is 17.5. The number of hydrogen-bond acceptors (Lipinski definition) is 5. The average molecular weight is 569 g/mol. The Morgan fingerprint density at radius 2 is 0.975 bits per heavy atom. The molecule has 2 atom stereocenters. The van der Waals surface area contributed by atoms with Crippen molar-refractivity contribution in [3.63, 3.8) is 0 Å². The maximum atomic E-state index is 12.1. The van der Waals surface area contributed by atoms with E-state index in [1.54, 1.807) is 0 Å². The first kappa shape index (κ1) is 38.9. The predicted octanol–water partition coefficient (Wildman–Crippen LogP) is 10.3. The van der Waals surface area contributed by atoms with Gasteiger partial charge < -0.3 is 14.6 Å². The van der Waals surface area contributed by atoms with E-state index in [-0.39, 0.29) is 25.2 Å². The van der Waals surface area contributed by atoms with Crippen molar-refractivity contribution >= 4 is 11.9 Å². The highest BCUT2D eigenvalue weighted by atomic mass is 16.6. The normalized spacial score (nSPS) is 12.8. The zero-order valence-corrected chi connectivity index (χ0v) is 27.0. The molecule has 0 heterocycles. The van der Waals surface area contributed by atoms with Crippen molar-refractivity contribution in [3.05, 3.63) is 0 Å². The van der Waals surface area contributed by atoms with Gasteiger partial charge in [0, 0.05) is 12.8 Å². The van der Waals surface area contributed by atoms with E-state index < -0.39 is 6.10 Å². The molecule has 1 unspecified atom stereocenters. The molecule has 5 heteroatoms. The van der Waals surface area contributed by atoms with Crippen LogP contribution in [0.15, 0.2) is 0 Å². The summed E-state index contributed by atoms with van der Waals surface area (Å²) >= 11 is 0. The van der Waals surface area contributed by atoms with Crippen LogP contribution in [-0.2, 0) is 19.1 Å². The van der Waals surface area contributed by atoms with E-state index in [1.807, 2.05) is 0 Å². The summed E-state index contributed by atoms with van der Waals surface area (Å²) in [5, 5.41) is 9.49. The predicted molar refractivity (Wildman–Crippen MR) is 168 cm³/mol.